The summed E-state index contributed by atoms with van der Waals surface area (Å²) in [5.41, 5.74) is 1.76. The van der Waals surface area contributed by atoms with Crippen molar-refractivity contribution in [1.29, 1.82) is 0 Å². The van der Waals surface area contributed by atoms with E-state index in [1.54, 1.807) is 12.1 Å². The summed E-state index contributed by atoms with van der Waals surface area (Å²) in [6.45, 7) is 0.432. The Kier molecular flexibility index (Phi) is 6.44. The van der Waals surface area contributed by atoms with E-state index in [1.165, 1.54) is 0 Å². The van der Waals surface area contributed by atoms with Crippen molar-refractivity contribution in [2.75, 3.05) is 18.4 Å². The highest BCUT2D eigenvalue weighted by Gasteiger charge is 2.05. The van der Waals surface area contributed by atoms with Crippen LogP contribution in [-0.2, 0) is 11.2 Å². The highest BCUT2D eigenvalue weighted by molar-refractivity contribution is 6.30. The Bertz CT molecular complexity index is 645. The van der Waals surface area contributed by atoms with E-state index in [4.69, 9.17) is 11.6 Å². The Morgan fingerprint density at radius 3 is 2.30 bits per heavy atom. The van der Waals surface area contributed by atoms with Crippen LogP contribution in [0, 0.1) is 0 Å². The number of amides is 3. The number of benzene rings is 2. The molecule has 0 unspecified atom stereocenters. The van der Waals surface area contributed by atoms with Crippen molar-refractivity contribution in [3.8, 4) is 0 Å². The maximum Gasteiger partial charge on any atom is 0.319 e. The molecule has 0 aromatic heterocycles. The van der Waals surface area contributed by atoms with E-state index >= 15 is 0 Å². The fourth-order valence-electron chi connectivity index (χ4n) is 1.92. The van der Waals surface area contributed by atoms with E-state index in [-0.39, 0.29) is 12.5 Å². The third kappa shape index (κ3) is 6.40. The Balaban J connectivity index is 1.63. The number of halogens is 1. The van der Waals surface area contributed by atoms with Crippen LogP contribution < -0.4 is 16.0 Å². The molecule has 0 aliphatic rings. The number of carbonyl (C=O) groups is 2. The van der Waals surface area contributed by atoms with Crippen LogP contribution in [-0.4, -0.2) is 25.0 Å². The standard InChI is InChI=1S/C17H18ClN3O2/c18-14-8-6-13(7-9-14)10-11-19-16(22)12-20-17(23)21-15-4-2-1-3-5-15/h1-9H,10-12H2,(H,19,22)(H2,20,21,23). The predicted octanol–water partition coefficient (Wildman–Crippen LogP) is 2.82. The SMILES string of the molecule is O=C(CNC(=O)Nc1ccccc1)NCCc1ccc(Cl)cc1. The second-order valence-corrected chi connectivity index (χ2v) is 5.34. The van der Waals surface area contributed by atoms with Crippen LogP contribution in [0.1, 0.15) is 5.56 Å². The van der Waals surface area contributed by atoms with E-state index in [9.17, 15) is 9.59 Å². The van der Waals surface area contributed by atoms with Crippen LogP contribution in [0.3, 0.4) is 0 Å². The van der Waals surface area contributed by atoms with Crippen LogP contribution in [0.5, 0.6) is 0 Å². The minimum Gasteiger partial charge on any atom is -0.354 e. The minimum absolute atomic E-state index is 0.0702. The number of hydrogen-bond donors (Lipinski definition) is 3. The molecule has 0 saturated carbocycles. The Hall–Kier alpha value is -2.53. The number of hydrogen-bond acceptors (Lipinski definition) is 2. The van der Waals surface area contributed by atoms with E-state index in [2.05, 4.69) is 16.0 Å². The van der Waals surface area contributed by atoms with Crippen molar-refractivity contribution in [3.05, 3.63) is 65.2 Å². The molecule has 0 aliphatic carbocycles. The summed E-state index contributed by atoms with van der Waals surface area (Å²) >= 11 is 5.81. The fourth-order valence-corrected chi connectivity index (χ4v) is 2.04. The second kappa shape index (κ2) is 8.80. The Morgan fingerprint density at radius 1 is 0.913 bits per heavy atom. The van der Waals surface area contributed by atoms with Gasteiger partial charge in [-0.2, -0.15) is 0 Å². The topological polar surface area (TPSA) is 70.2 Å². The van der Waals surface area contributed by atoms with Gasteiger partial charge in [0.25, 0.3) is 0 Å². The molecular formula is C17H18ClN3O2. The maximum atomic E-state index is 11.7. The van der Waals surface area contributed by atoms with Gasteiger partial charge in [0.05, 0.1) is 6.54 Å². The first-order valence-corrected chi connectivity index (χ1v) is 7.62. The summed E-state index contributed by atoms with van der Waals surface area (Å²) in [5.74, 6) is -0.234. The molecule has 0 aliphatic heterocycles. The summed E-state index contributed by atoms with van der Waals surface area (Å²) in [5, 5.41) is 8.59. The third-order valence-corrected chi connectivity index (χ3v) is 3.34. The molecular weight excluding hydrogens is 314 g/mol. The van der Waals surface area contributed by atoms with Gasteiger partial charge in [-0.15, -0.1) is 0 Å². The molecule has 0 heterocycles. The molecule has 3 N–H and O–H groups in total. The molecule has 5 nitrogen and oxygen atoms in total. The van der Waals surface area contributed by atoms with Gasteiger partial charge in [0.15, 0.2) is 0 Å². The number of anilines is 1. The molecule has 0 spiro atoms. The number of nitrogens with one attached hydrogen (secondary N) is 3. The van der Waals surface area contributed by atoms with Crippen LogP contribution in [0.4, 0.5) is 10.5 Å². The van der Waals surface area contributed by atoms with Crippen molar-refractivity contribution in [3.63, 3.8) is 0 Å². The van der Waals surface area contributed by atoms with Gasteiger partial charge >= 0.3 is 6.03 Å². The first kappa shape index (κ1) is 16.8. The summed E-state index contributed by atoms with van der Waals surface area (Å²) in [6, 6.07) is 16.1. The van der Waals surface area contributed by atoms with Gasteiger partial charge in [0.1, 0.15) is 0 Å². The van der Waals surface area contributed by atoms with Crippen LogP contribution in [0.2, 0.25) is 5.02 Å². The van der Waals surface area contributed by atoms with Crippen LogP contribution in [0.15, 0.2) is 54.6 Å². The Morgan fingerprint density at radius 2 is 1.61 bits per heavy atom. The maximum absolute atomic E-state index is 11.7. The quantitative estimate of drug-likeness (QED) is 0.761. The lowest BCUT2D eigenvalue weighted by Gasteiger charge is -2.08. The van der Waals surface area contributed by atoms with E-state index in [0.717, 1.165) is 5.56 Å². The highest BCUT2D eigenvalue weighted by Crippen LogP contribution is 2.09. The number of urea groups is 1. The molecule has 3 amide bonds. The van der Waals surface area contributed by atoms with Crippen molar-refractivity contribution in [2.24, 2.45) is 0 Å². The predicted molar refractivity (Wildman–Crippen MR) is 91.6 cm³/mol. The number of rotatable bonds is 6. The first-order chi connectivity index (χ1) is 11.1. The second-order valence-electron chi connectivity index (χ2n) is 4.90. The first-order valence-electron chi connectivity index (χ1n) is 7.24. The highest BCUT2D eigenvalue weighted by atomic mass is 35.5. The number of carbonyl (C=O) groups excluding carboxylic acids is 2. The van der Waals surface area contributed by atoms with E-state index in [1.807, 2.05) is 42.5 Å². The zero-order chi connectivity index (χ0) is 16.5. The average Bonchev–Trinajstić information content (AvgIpc) is 2.56. The molecule has 0 saturated heterocycles. The molecule has 0 radical (unpaired) electrons. The summed E-state index contributed by atoms with van der Waals surface area (Å²) in [7, 11) is 0. The van der Waals surface area contributed by atoms with E-state index in [0.29, 0.717) is 23.7 Å². The van der Waals surface area contributed by atoms with Crippen LogP contribution >= 0.6 is 11.6 Å². The normalized spacial score (nSPS) is 9.96. The average molecular weight is 332 g/mol. The lowest BCUT2D eigenvalue weighted by molar-refractivity contribution is -0.120. The van der Waals surface area contributed by atoms with E-state index < -0.39 is 6.03 Å². The zero-order valence-electron chi connectivity index (χ0n) is 12.5. The smallest absolute Gasteiger partial charge is 0.319 e. The molecule has 2 rings (SSSR count). The summed E-state index contributed by atoms with van der Waals surface area (Å²) in [4.78, 5) is 23.3. The number of para-hydroxylation sites is 1. The molecule has 0 bridgehead atoms. The summed E-state index contributed by atoms with van der Waals surface area (Å²) in [6.07, 6.45) is 0.707. The largest absolute Gasteiger partial charge is 0.354 e. The third-order valence-electron chi connectivity index (χ3n) is 3.09. The molecule has 0 fully saturated rings. The van der Waals surface area contributed by atoms with Gasteiger partial charge in [-0.1, -0.05) is 41.9 Å². The van der Waals surface area contributed by atoms with Crippen molar-refractivity contribution in [2.45, 2.75) is 6.42 Å². The molecule has 0 atom stereocenters. The van der Waals surface area contributed by atoms with Crippen molar-refractivity contribution >= 4 is 29.2 Å². The van der Waals surface area contributed by atoms with Crippen molar-refractivity contribution < 1.29 is 9.59 Å². The van der Waals surface area contributed by atoms with Crippen LogP contribution in [0.25, 0.3) is 0 Å². The fraction of sp³-hybridized carbons (Fsp3) is 0.176. The van der Waals surface area contributed by atoms with Crippen molar-refractivity contribution in [1.82, 2.24) is 10.6 Å². The molecule has 23 heavy (non-hydrogen) atoms. The van der Waals surface area contributed by atoms with Gasteiger partial charge in [-0.25, -0.2) is 4.79 Å². The summed E-state index contributed by atoms with van der Waals surface area (Å²) < 4.78 is 0. The zero-order valence-corrected chi connectivity index (χ0v) is 13.3. The lowest BCUT2D eigenvalue weighted by atomic mass is 10.1. The van der Waals surface area contributed by atoms with Gasteiger partial charge in [0, 0.05) is 17.3 Å². The van der Waals surface area contributed by atoms with Gasteiger partial charge in [0.2, 0.25) is 5.91 Å². The van der Waals surface area contributed by atoms with Gasteiger partial charge in [-0.05, 0) is 36.2 Å². The minimum atomic E-state index is -0.413. The molecule has 120 valence electrons. The van der Waals surface area contributed by atoms with Gasteiger partial charge < -0.3 is 16.0 Å². The molecule has 2 aromatic carbocycles. The van der Waals surface area contributed by atoms with Gasteiger partial charge in [-0.3, -0.25) is 4.79 Å². The lowest BCUT2D eigenvalue weighted by Crippen LogP contribution is -2.39. The Labute approximate surface area is 140 Å². The molecule has 6 heteroatoms. The monoisotopic (exact) mass is 331 g/mol. The molecule has 2 aromatic rings.